The standard InChI is InChI=1S/C29H38O17/c1-9-10-20-23(39-15(4)32)26(41-17(6)34)25(21(44-20)11-37-13(2)30)46-29-28(43-19(8)36)27(42-18(7)35)24(40-16(5)33)22(45-29)12-38-14(3)31/h9-10,21-29H,1,11-12H2,2-8H3/b20-10-/t21-,22-,23+,24+,25-,26-,27+,28-,29+/m1/s1. The Hall–Kier alpha value is -4.51. The lowest BCUT2D eigenvalue weighted by Crippen LogP contribution is -2.65. The molecule has 2 fully saturated rings. The Balaban J connectivity index is 2.73. The van der Waals surface area contributed by atoms with Gasteiger partial charge in [0, 0.05) is 48.5 Å². The van der Waals surface area contributed by atoms with E-state index in [0.29, 0.717) is 0 Å². The zero-order valence-electron chi connectivity index (χ0n) is 26.4. The van der Waals surface area contributed by atoms with E-state index in [-0.39, 0.29) is 5.76 Å². The maximum Gasteiger partial charge on any atom is 0.303 e. The highest BCUT2D eigenvalue weighted by atomic mass is 16.8. The van der Waals surface area contributed by atoms with Crippen molar-refractivity contribution in [2.45, 2.75) is 104 Å². The van der Waals surface area contributed by atoms with Gasteiger partial charge in [0.25, 0.3) is 0 Å². The third-order valence-corrected chi connectivity index (χ3v) is 6.12. The second-order valence-corrected chi connectivity index (χ2v) is 10.0. The van der Waals surface area contributed by atoms with E-state index in [1.54, 1.807) is 0 Å². The number of hydrogen-bond acceptors (Lipinski definition) is 17. The van der Waals surface area contributed by atoms with Crippen LogP contribution in [0.4, 0.5) is 0 Å². The minimum atomic E-state index is -1.75. The molecule has 2 aliphatic heterocycles. The second-order valence-electron chi connectivity index (χ2n) is 10.0. The fourth-order valence-electron chi connectivity index (χ4n) is 4.68. The Bertz CT molecular complexity index is 1210. The molecule has 0 bridgehead atoms. The maximum absolute atomic E-state index is 12.3. The van der Waals surface area contributed by atoms with E-state index in [2.05, 4.69) is 6.58 Å². The molecule has 2 rings (SSSR count). The van der Waals surface area contributed by atoms with Crippen LogP contribution in [0.25, 0.3) is 0 Å². The molecule has 2 saturated heterocycles. The third kappa shape index (κ3) is 11.1. The van der Waals surface area contributed by atoms with Crippen molar-refractivity contribution in [2.24, 2.45) is 0 Å². The highest BCUT2D eigenvalue weighted by molar-refractivity contribution is 5.69. The van der Waals surface area contributed by atoms with Gasteiger partial charge in [-0.2, -0.15) is 0 Å². The van der Waals surface area contributed by atoms with Gasteiger partial charge in [0.15, 0.2) is 42.9 Å². The summed E-state index contributed by atoms with van der Waals surface area (Å²) in [4.78, 5) is 84.4. The molecule has 0 spiro atoms. The zero-order valence-corrected chi connectivity index (χ0v) is 26.4. The van der Waals surface area contributed by atoms with E-state index < -0.39 is 110 Å². The summed E-state index contributed by atoms with van der Waals surface area (Å²) in [6.45, 7) is 10.1. The minimum Gasteiger partial charge on any atom is -0.484 e. The normalized spacial score (nSPS) is 29.6. The lowest BCUT2D eigenvalue weighted by molar-refractivity contribution is -0.336. The van der Waals surface area contributed by atoms with Gasteiger partial charge in [0.05, 0.1) is 0 Å². The van der Waals surface area contributed by atoms with Gasteiger partial charge in [-0.1, -0.05) is 12.7 Å². The van der Waals surface area contributed by atoms with Crippen LogP contribution in [0.15, 0.2) is 24.5 Å². The smallest absolute Gasteiger partial charge is 0.303 e. The summed E-state index contributed by atoms with van der Waals surface area (Å²) >= 11 is 0. The van der Waals surface area contributed by atoms with Gasteiger partial charge in [-0.05, 0) is 6.08 Å². The maximum atomic E-state index is 12.3. The van der Waals surface area contributed by atoms with Gasteiger partial charge in [-0.3, -0.25) is 33.6 Å². The highest BCUT2D eigenvalue weighted by Gasteiger charge is 2.56. The van der Waals surface area contributed by atoms with Crippen molar-refractivity contribution in [3.05, 3.63) is 24.5 Å². The molecule has 0 aromatic rings. The lowest BCUT2D eigenvalue weighted by Gasteiger charge is -2.47. The summed E-state index contributed by atoms with van der Waals surface area (Å²) in [6.07, 6.45) is -11.0. The molecule has 2 aliphatic rings. The molecule has 0 N–H and O–H groups in total. The molecule has 17 heteroatoms. The van der Waals surface area contributed by atoms with Gasteiger partial charge in [-0.15, -0.1) is 0 Å². The molecule has 0 radical (unpaired) electrons. The average molecular weight is 659 g/mol. The van der Waals surface area contributed by atoms with Crippen LogP contribution < -0.4 is 0 Å². The van der Waals surface area contributed by atoms with Gasteiger partial charge >= 0.3 is 41.8 Å². The van der Waals surface area contributed by atoms with Crippen molar-refractivity contribution in [3.8, 4) is 0 Å². The Labute approximate surface area is 264 Å². The van der Waals surface area contributed by atoms with Crippen LogP contribution in [0.5, 0.6) is 0 Å². The van der Waals surface area contributed by atoms with Gasteiger partial charge < -0.3 is 47.4 Å². The predicted molar refractivity (Wildman–Crippen MR) is 148 cm³/mol. The zero-order chi connectivity index (χ0) is 34.7. The number of hydrogen-bond donors (Lipinski definition) is 0. The quantitative estimate of drug-likeness (QED) is 0.204. The number of rotatable bonds is 12. The van der Waals surface area contributed by atoms with E-state index in [9.17, 15) is 33.6 Å². The Morgan fingerprint density at radius 2 is 1.04 bits per heavy atom. The number of esters is 7. The molecule has 0 unspecified atom stereocenters. The molecule has 0 aromatic carbocycles. The first-order chi connectivity index (χ1) is 21.5. The largest absolute Gasteiger partial charge is 0.484 e. The van der Waals surface area contributed by atoms with Crippen molar-refractivity contribution in [2.75, 3.05) is 13.2 Å². The first-order valence-corrected chi connectivity index (χ1v) is 14.0. The first-order valence-electron chi connectivity index (χ1n) is 14.0. The molecular formula is C29H38O17. The van der Waals surface area contributed by atoms with Crippen LogP contribution in [0.1, 0.15) is 48.5 Å². The van der Waals surface area contributed by atoms with Crippen LogP contribution in [0.2, 0.25) is 0 Å². The van der Waals surface area contributed by atoms with E-state index in [1.165, 1.54) is 12.2 Å². The molecule has 9 atom stereocenters. The van der Waals surface area contributed by atoms with Crippen molar-refractivity contribution in [1.29, 1.82) is 0 Å². The van der Waals surface area contributed by atoms with Crippen LogP contribution in [0.3, 0.4) is 0 Å². The Morgan fingerprint density at radius 1 is 0.587 bits per heavy atom. The molecule has 2 heterocycles. The van der Waals surface area contributed by atoms with Crippen molar-refractivity contribution in [1.82, 2.24) is 0 Å². The molecule has 46 heavy (non-hydrogen) atoms. The van der Waals surface area contributed by atoms with Crippen LogP contribution in [-0.4, -0.2) is 110 Å². The Morgan fingerprint density at radius 3 is 1.52 bits per heavy atom. The molecular weight excluding hydrogens is 620 g/mol. The van der Waals surface area contributed by atoms with E-state index in [1.807, 2.05) is 0 Å². The van der Waals surface area contributed by atoms with Gasteiger partial charge in [0.1, 0.15) is 31.2 Å². The molecule has 0 aliphatic carbocycles. The summed E-state index contributed by atoms with van der Waals surface area (Å²) in [6, 6.07) is 0. The summed E-state index contributed by atoms with van der Waals surface area (Å²) in [5, 5.41) is 0. The lowest BCUT2D eigenvalue weighted by atomic mass is 9.95. The fourth-order valence-corrected chi connectivity index (χ4v) is 4.68. The SMILES string of the molecule is C=C/C=C1\O[C@H](COC(C)=O)[C@@H](O[C@@H]2O[C@H](COC(C)=O)[C@H](OC(C)=O)[C@H](OC(C)=O)[C@H]2OC(C)=O)[C@H](OC(C)=O)[C@H]1OC(C)=O. The van der Waals surface area contributed by atoms with Gasteiger partial charge in [-0.25, -0.2) is 0 Å². The molecule has 0 saturated carbocycles. The average Bonchev–Trinajstić information content (AvgIpc) is 2.91. The number of ether oxygens (including phenoxy) is 10. The van der Waals surface area contributed by atoms with Crippen molar-refractivity contribution in [3.63, 3.8) is 0 Å². The number of carbonyl (C=O) groups is 7. The molecule has 17 nitrogen and oxygen atoms in total. The number of carbonyl (C=O) groups excluding carboxylic acids is 7. The van der Waals surface area contributed by atoms with Crippen molar-refractivity contribution < 1.29 is 80.9 Å². The Kier molecular flexibility index (Phi) is 14.1. The van der Waals surface area contributed by atoms with Crippen LogP contribution in [-0.2, 0) is 80.9 Å². The second kappa shape index (κ2) is 17.3. The molecule has 256 valence electrons. The predicted octanol–water partition coefficient (Wildman–Crippen LogP) is 0.350. The fraction of sp³-hybridized carbons (Fsp3) is 0.621. The molecule has 0 aromatic heterocycles. The summed E-state index contributed by atoms with van der Waals surface area (Å²) in [5.41, 5.74) is 0. The van der Waals surface area contributed by atoms with Crippen molar-refractivity contribution >= 4 is 41.8 Å². The summed E-state index contributed by atoms with van der Waals surface area (Å²) in [7, 11) is 0. The van der Waals surface area contributed by atoms with Crippen LogP contribution in [0, 0.1) is 0 Å². The number of allylic oxidation sites excluding steroid dienone is 2. The van der Waals surface area contributed by atoms with E-state index >= 15 is 0 Å². The monoisotopic (exact) mass is 658 g/mol. The highest BCUT2D eigenvalue weighted by Crippen LogP contribution is 2.36. The van der Waals surface area contributed by atoms with E-state index in [0.717, 1.165) is 48.5 Å². The van der Waals surface area contributed by atoms with Crippen LogP contribution >= 0.6 is 0 Å². The third-order valence-electron chi connectivity index (χ3n) is 6.12. The first kappa shape index (κ1) is 37.7. The van der Waals surface area contributed by atoms with Gasteiger partial charge in [0.2, 0.25) is 0 Å². The summed E-state index contributed by atoms with van der Waals surface area (Å²) in [5.74, 6) is -5.77. The molecule has 0 amide bonds. The topological polar surface area (TPSA) is 212 Å². The summed E-state index contributed by atoms with van der Waals surface area (Å²) < 4.78 is 55.6. The van der Waals surface area contributed by atoms with E-state index in [4.69, 9.17) is 47.4 Å². The minimum absolute atomic E-state index is 0.0463.